The van der Waals surface area contributed by atoms with Crippen molar-refractivity contribution in [2.24, 2.45) is 7.05 Å². The summed E-state index contributed by atoms with van der Waals surface area (Å²) in [5.41, 5.74) is 1.97. The van der Waals surface area contributed by atoms with E-state index in [0.29, 0.717) is 17.2 Å². The van der Waals surface area contributed by atoms with Crippen molar-refractivity contribution >= 4 is 40.9 Å². The first-order valence-electron chi connectivity index (χ1n) is 9.40. The van der Waals surface area contributed by atoms with E-state index in [2.05, 4.69) is 21.0 Å². The summed E-state index contributed by atoms with van der Waals surface area (Å²) in [7, 11) is 1.94. The molecule has 0 bridgehead atoms. The summed E-state index contributed by atoms with van der Waals surface area (Å²) in [5, 5.41) is 7.22. The third-order valence-electron chi connectivity index (χ3n) is 5.43. The number of piperidine rings is 1. The molecule has 1 aliphatic rings. The molecule has 0 unspecified atom stereocenters. The Kier molecular flexibility index (Phi) is 5.54. The van der Waals surface area contributed by atoms with Crippen LogP contribution in [0.2, 0.25) is 0 Å². The molecule has 3 heterocycles. The van der Waals surface area contributed by atoms with Gasteiger partial charge in [0.1, 0.15) is 18.2 Å². The Morgan fingerprint density at radius 1 is 1.32 bits per heavy atom. The van der Waals surface area contributed by atoms with E-state index in [1.807, 2.05) is 40.8 Å². The number of nitrogens with one attached hydrogen (secondary N) is 1. The number of H-pyrrole nitrogens is 1. The van der Waals surface area contributed by atoms with Crippen molar-refractivity contribution in [2.45, 2.75) is 31.1 Å². The van der Waals surface area contributed by atoms with Gasteiger partial charge in [0.15, 0.2) is 4.77 Å². The van der Waals surface area contributed by atoms with Crippen LogP contribution in [0.3, 0.4) is 0 Å². The van der Waals surface area contributed by atoms with Gasteiger partial charge in [-0.05, 0) is 43.4 Å². The molecular formula is C19H24N6OS2. The van der Waals surface area contributed by atoms with Crippen molar-refractivity contribution in [3.05, 3.63) is 40.7 Å². The topological polar surface area (TPSA) is 71.7 Å². The van der Waals surface area contributed by atoms with Gasteiger partial charge in [0.2, 0.25) is 5.91 Å². The first-order valence-corrected chi connectivity index (χ1v) is 11.2. The Labute approximate surface area is 173 Å². The quantitative estimate of drug-likeness (QED) is 0.647. The lowest BCUT2D eigenvalue weighted by atomic mass is 9.96. The number of fused-ring (bicyclic) bond motifs is 1. The Bertz CT molecular complexity index is 1040. The Hall–Kier alpha value is -2.13. The monoisotopic (exact) mass is 416 g/mol. The number of thioether (sulfide) groups is 1. The van der Waals surface area contributed by atoms with Crippen LogP contribution in [0, 0.1) is 4.77 Å². The highest BCUT2D eigenvalue weighted by atomic mass is 32.2. The van der Waals surface area contributed by atoms with Gasteiger partial charge in [-0.3, -0.25) is 9.89 Å². The van der Waals surface area contributed by atoms with Crippen LogP contribution in [0.15, 0.2) is 24.3 Å². The van der Waals surface area contributed by atoms with E-state index in [0.717, 1.165) is 54.4 Å². The minimum absolute atomic E-state index is 0.152. The minimum Gasteiger partial charge on any atom is -0.341 e. The molecule has 3 aromatic rings. The summed E-state index contributed by atoms with van der Waals surface area (Å²) in [6.45, 7) is 1.83. The molecule has 28 heavy (non-hydrogen) atoms. The molecule has 148 valence electrons. The molecule has 7 nitrogen and oxygen atoms in total. The van der Waals surface area contributed by atoms with Crippen LogP contribution in [-0.4, -0.2) is 54.5 Å². The second-order valence-electron chi connectivity index (χ2n) is 7.14. The number of likely N-dealkylation sites (tertiary alicyclic amines) is 1. The average molecular weight is 417 g/mol. The van der Waals surface area contributed by atoms with E-state index in [1.54, 1.807) is 11.8 Å². The molecule has 1 saturated heterocycles. The van der Waals surface area contributed by atoms with Gasteiger partial charge in [0.25, 0.3) is 0 Å². The number of hydrogen-bond donors (Lipinski definition) is 1. The predicted octanol–water partition coefficient (Wildman–Crippen LogP) is 3.10. The Balaban J connectivity index is 1.47. The maximum atomic E-state index is 13.0. The maximum absolute atomic E-state index is 13.0. The smallest absolute Gasteiger partial charge is 0.242 e. The van der Waals surface area contributed by atoms with E-state index >= 15 is 0 Å². The van der Waals surface area contributed by atoms with Crippen LogP contribution >= 0.6 is 24.0 Å². The molecule has 9 heteroatoms. The van der Waals surface area contributed by atoms with E-state index in [-0.39, 0.29) is 5.91 Å². The lowest BCUT2D eigenvalue weighted by molar-refractivity contribution is -0.132. The first-order chi connectivity index (χ1) is 13.6. The van der Waals surface area contributed by atoms with Crippen LogP contribution in [0.5, 0.6) is 0 Å². The fourth-order valence-corrected chi connectivity index (χ4v) is 4.51. The molecule has 4 rings (SSSR count). The number of rotatable bonds is 5. The minimum atomic E-state index is 0.152. The van der Waals surface area contributed by atoms with E-state index in [4.69, 9.17) is 17.2 Å². The number of nitrogens with zero attached hydrogens (tertiary/aromatic N) is 5. The van der Waals surface area contributed by atoms with E-state index in [9.17, 15) is 4.79 Å². The molecule has 1 aromatic carbocycles. The van der Waals surface area contributed by atoms with Gasteiger partial charge in [-0.1, -0.05) is 12.1 Å². The molecule has 1 aliphatic heterocycles. The number of para-hydroxylation sites is 2. The molecule has 0 spiro atoms. The number of carbonyl (C=O) groups excluding carboxylic acids is 1. The normalized spacial score (nSPS) is 15.4. The summed E-state index contributed by atoms with van der Waals surface area (Å²) in [6, 6.07) is 8.02. The maximum Gasteiger partial charge on any atom is 0.242 e. The Morgan fingerprint density at radius 3 is 2.75 bits per heavy atom. The molecular weight excluding hydrogens is 392 g/mol. The van der Waals surface area contributed by atoms with Gasteiger partial charge in [0.05, 0.1) is 16.8 Å². The van der Waals surface area contributed by atoms with E-state index in [1.165, 1.54) is 0 Å². The number of carbonyl (C=O) groups is 1. The third-order valence-corrected chi connectivity index (χ3v) is 6.34. The number of hydrogen-bond acceptors (Lipinski definition) is 5. The summed E-state index contributed by atoms with van der Waals surface area (Å²) in [6.07, 6.45) is 3.86. The fourth-order valence-electron chi connectivity index (χ4n) is 3.89. The first kappa shape index (κ1) is 19.2. The third kappa shape index (κ3) is 3.60. The highest BCUT2D eigenvalue weighted by Crippen LogP contribution is 2.27. The average Bonchev–Trinajstić information content (AvgIpc) is 3.22. The number of benzene rings is 1. The molecule has 0 atom stereocenters. The second-order valence-corrected chi connectivity index (χ2v) is 8.39. The van der Waals surface area contributed by atoms with Gasteiger partial charge in [-0.15, -0.1) is 0 Å². The van der Waals surface area contributed by atoms with Crippen molar-refractivity contribution in [1.29, 1.82) is 0 Å². The van der Waals surface area contributed by atoms with Gasteiger partial charge in [-0.25, -0.2) is 4.98 Å². The molecule has 1 amide bonds. The number of aromatic amines is 1. The largest absolute Gasteiger partial charge is 0.341 e. The van der Waals surface area contributed by atoms with Crippen molar-refractivity contribution in [2.75, 3.05) is 19.3 Å². The van der Waals surface area contributed by atoms with Crippen LogP contribution in [0.25, 0.3) is 11.0 Å². The SMILES string of the molecule is CSCc1nc2ccccc2n1CC(=O)N1CCC(c2n[nH]c(=S)n2C)CC1. The summed E-state index contributed by atoms with van der Waals surface area (Å²) in [4.78, 5) is 19.7. The van der Waals surface area contributed by atoms with E-state index < -0.39 is 0 Å². The summed E-state index contributed by atoms with van der Waals surface area (Å²) >= 11 is 6.93. The van der Waals surface area contributed by atoms with Crippen LogP contribution in [0.1, 0.15) is 30.4 Å². The highest BCUT2D eigenvalue weighted by Gasteiger charge is 2.27. The molecule has 1 fully saturated rings. The van der Waals surface area contributed by atoms with Crippen LogP contribution in [0.4, 0.5) is 0 Å². The predicted molar refractivity (Wildman–Crippen MR) is 114 cm³/mol. The van der Waals surface area contributed by atoms with Crippen molar-refractivity contribution in [1.82, 2.24) is 29.2 Å². The van der Waals surface area contributed by atoms with Gasteiger partial charge in [0, 0.05) is 26.1 Å². The van der Waals surface area contributed by atoms with Crippen molar-refractivity contribution in [3.8, 4) is 0 Å². The lowest BCUT2D eigenvalue weighted by Crippen LogP contribution is -2.40. The summed E-state index contributed by atoms with van der Waals surface area (Å²) < 4.78 is 4.64. The molecule has 0 radical (unpaired) electrons. The molecule has 1 N–H and O–H groups in total. The molecule has 0 aliphatic carbocycles. The zero-order valence-corrected chi connectivity index (χ0v) is 17.7. The highest BCUT2D eigenvalue weighted by molar-refractivity contribution is 7.97. The zero-order chi connectivity index (χ0) is 19.7. The van der Waals surface area contributed by atoms with Crippen molar-refractivity contribution < 1.29 is 4.79 Å². The molecule has 2 aromatic heterocycles. The molecule has 0 saturated carbocycles. The van der Waals surface area contributed by atoms with Crippen LogP contribution in [-0.2, 0) is 24.1 Å². The second kappa shape index (κ2) is 8.08. The van der Waals surface area contributed by atoms with Gasteiger partial charge >= 0.3 is 0 Å². The van der Waals surface area contributed by atoms with Gasteiger partial charge < -0.3 is 14.0 Å². The number of imidazole rings is 1. The lowest BCUT2D eigenvalue weighted by Gasteiger charge is -2.31. The van der Waals surface area contributed by atoms with Crippen LogP contribution < -0.4 is 0 Å². The standard InChI is InChI=1S/C19H24N6OS2/c1-23-18(21-22-19(23)27)13-7-9-24(10-8-13)17(26)11-25-15-6-4-3-5-14(15)20-16(25)12-28-2/h3-6,13H,7-12H2,1-2H3,(H,22,27). The zero-order valence-electron chi connectivity index (χ0n) is 16.1. The number of amides is 1. The van der Waals surface area contributed by atoms with Gasteiger partial charge in [-0.2, -0.15) is 16.9 Å². The fraction of sp³-hybridized carbons (Fsp3) is 0.474. The summed E-state index contributed by atoms with van der Waals surface area (Å²) in [5.74, 6) is 3.23. The Morgan fingerprint density at radius 2 is 2.07 bits per heavy atom. The van der Waals surface area contributed by atoms with Crippen molar-refractivity contribution in [3.63, 3.8) is 0 Å². The number of aromatic nitrogens is 5.